The average molecular weight is 311 g/mol. The maximum Gasteiger partial charge on any atom is 0.245 e. The van der Waals surface area contributed by atoms with E-state index in [-0.39, 0.29) is 10.9 Å². The molecule has 1 heterocycles. The molecule has 1 aliphatic rings. The summed E-state index contributed by atoms with van der Waals surface area (Å²) in [6.07, 6.45) is 1.72. The number of nitrogens with zero attached hydrogens (tertiary/aromatic N) is 2. The Morgan fingerprint density at radius 2 is 1.71 bits per heavy atom. The second-order valence-corrected chi connectivity index (χ2v) is 8.00. The van der Waals surface area contributed by atoms with Crippen molar-refractivity contribution in [2.24, 2.45) is 0 Å². The van der Waals surface area contributed by atoms with Crippen molar-refractivity contribution in [3.8, 4) is 0 Å². The topological polar surface area (TPSA) is 66.6 Å². The van der Waals surface area contributed by atoms with Crippen molar-refractivity contribution >= 4 is 15.7 Å². The first-order chi connectivity index (χ1) is 9.73. The van der Waals surface area contributed by atoms with E-state index in [0.29, 0.717) is 5.69 Å². The molecule has 118 valence electrons. The fourth-order valence-electron chi connectivity index (χ4n) is 2.75. The lowest BCUT2D eigenvalue weighted by Crippen LogP contribution is -2.44. The summed E-state index contributed by atoms with van der Waals surface area (Å²) in [6.45, 7) is 5.69. The molecule has 0 atom stereocenters. The molecule has 0 amide bonds. The van der Waals surface area contributed by atoms with Gasteiger partial charge >= 0.3 is 0 Å². The first-order valence-electron chi connectivity index (χ1n) is 7.26. The van der Waals surface area contributed by atoms with E-state index in [1.54, 1.807) is 19.2 Å². The van der Waals surface area contributed by atoms with Gasteiger partial charge in [0.05, 0.1) is 5.69 Å². The second kappa shape index (κ2) is 5.94. The molecule has 0 radical (unpaired) electrons. The predicted octanol–water partition coefficient (Wildman–Crippen LogP) is 1.60. The minimum Gasteiger partial charge on any atom is -0.398 e. The Kier molecular flexibility index (Phi) is 4.60. The number of anilines is 1. The summed E-state index contributed by atoms with van der Waals surface area (Å²) >= 11 is 0. The van der Waals surface area contributed by atoms with Crippen LogP contribution in [0.2, 0.25) is 0 Å². The molecule has 0 saturated carbocycles. The molecule has 6 heteroatoms. The monoisotopic (exact) mass is 311 g/mol. The lowest BCUT2D eigenvalue weighted by atomic mass is 10.1. The van der Waals surface area contributed by atoms with Crippen molar-refractivity contribution < 1.29 is 8.42 Å². The van der Waals surface area contributed by atoms with E-state index >= 15 is 0 Å². The molecule has 0 bridgehead atoms. The molecule has 1 saturated heterocycles. The fraction of sp³-hybridized carbons (Fsp3) is 0.600. The van der Waals surface area contributed by atoms with E-state index in [1.807, 2.05) is 13.8 Å². The van der Waals surface area contributed by atoms with Crippen molar-refractivity contribution in [1.29, 1.82) is 0 Å². The standard InChI is InChI=1S/C15H25N3O2S/c1-11-9-14(16)15(10-12(11)2)21(19,20)18(4)13-5-7-17(3)8-6-13/h9-10,13H,5-8,16H2,1-4H3. The Morgan fingerprint density at radius 3 is 2.29 bits per heavy atom. The number of aryl methyl sites for hydroxylation is 2. The molecule has 5 nitrogen and oxygen atoms in total. The zero-order valence-electron chi connectivity index (χ0n) is 13.3. The third kappa shape index (κ3) is 3.22. The van der Waals surface area contributed by atoms with Gasteiger partial charge in [0.1, 0.15) is 4.90 Å². The van der Waals surface area contributed by atoms with E-state index in [0.717, 1.165) is 37.1 Å². The van der Waals surface area contributed by atoms with Gasteiger partial charge in [-0.25, -0.2) is 8.42 Å². The van der Waals surface area contributed by atoms with Gasteiger partial charge in [-0.3, -0.25) is 0 Å². The van der Waals surface area contributed by atoms with Crippen LogP contribution in [-0.4, -0.2) is 50.8 Å². The van der Waals surface area contributed by atoms with Gasteiger partial charge in [-0.1, -0.05) is 0 Å². The van der Waals surface area contributed by atoms with Gasteiger partial charge in [0.2, 0.25) is 10.0 Å². The largest absolute Gasteiger partial charge is 0.398 e. The summed E-state index contributed by atoms with van der Waals surface area (Å²) in [6, 6.07) is 3.48. The van der Waals surface area contributed by atoms with E-state index in [9.17, 15) is 8.42 Å². The molecule has 0 aromatic heterocycles. The predicted molar refractivity (Wildman–Crippen MR) is 85.8 cm³/mol. The Bertz CT molecular complexity index is 620. The molecule has 0 unspecified atom stereocenters. The highest BCUT2D eigenvalue weighted by molar-refractivity contribution is 7.89. The summed E-state index contributed by atoms with van der Waals surface area (Å²) < 4.78 is 27.2. The van der Waals surface area contributed by atoms with Gasteiger partial charge in [0, 0.05) is 13.1 Å². The van der Waals surface area contributed by atoms with Crippen LogP contribution in [0.5, 0.6) is 0 Å². The number of likely N-dealkylation sites (tertiary alicyclic amines) is 1. The van der Waals surface area contributed by atoms with Crippen molar-refractivity contribution in [2.45, 2.75) is 37.6 Å². The highest BCUT2D eigenvalue weighted by Crippen LogP contribution is 2.28. The Balaban J connectivity index is 2.31. The SMILES string of the molecule is Cc1cc(N)c(S(=O)(=O)N(C)C2CCN(C)CC2)cc1C. The van der Waals surface area contributed by atoms with Crippen LogP contribution in [0, 0.1) is 13.8 Å². The molecule has 2 rings (SSSR count). The third-order valence-corrected chi connectivity index (χ3v) is 6.45. The molecule has 2 N–H and O–H groups in total. The Morgan fingerprint density at radius 1 is 1.19 bits per heavy atom. The number of sulfonamides is 1. The van der Waals surface area contributed by atoms with Crippen molar-refractivity contribution in [2.75, 3.05) is 32.9 Å². The van der Waals surface area contributed by atoms with E-state index in [4.69, 9.17) is 5.73 Å². The highest BCUT2D eigenvalue weighted by Gasteiger charge is 2.31. The van der Waals surface area contributed by atoms with Crippen LogP contribution in [0.4, 0.5) is 5.69 Å². The highest BCUT2D eigenvalue weighted by atomic mass is 32.2. The lowest BCUT2D eigenvalue weighted by Gasteiger charge is -2.34. The van der Waals surface area contributed by atoms with Crippen LogP contribution in [-0.2, 0) is 10.0 Å². The smallest absolute Gasteiger partial charge is 0.245 e. The molecule has 1 aliphatic heterocycles. The normalized spacial score (nSPS) is 18.3. The van der Waals surface area contributed by atoms with E-state index < -0.39 is 10.0 Å². The zero-order chi connectivity index (χ0) is 15.8. The minimum atomic E-state index is -3.54. The zero-order valence-corrected chi connectivity index (χ0v) is 14.1. The summed E-state index contributed by atoms with van der Waals surface area (Å²) in [5.41, 5.74) is 8.23. The van der Waals surface area contributed by atoms with Gasteiger partial charge in [-0.2, -0.15) is 4.31 Å². The molecule has 1 aromatic carbocycles. The number of hydrogen-bond acceptors (Lipinski definition) is 4. The summed E-state index contributed by atoms with van der Waals surface area (Å²) in [5.74, 6) is 0. The number of benzene rings is 1. The third-order valence-electron chi connectivity index (χ3n) is 4.49. The van der Waals surface area contributed by atoms with Crippen LogP contribution in [0.1, 0.15) is 24.0 Å². The first kappa shape index (κ1) is 16.3. The first-order valence-corrected chi connectivity index (χ1v) is 8.71. The van der Waals surface area contributed by atoms with Gasteiger partial charge in [-0.05, 0) is 70.1 Å². The van der Waals surface area contributed by atoms with Gasteiger partial charge in [0.15, 0.2) is 0 Å². The number of hydrogen-bond donors (Lipinski definition) is 1. The van der Waals surface area contributed by atoms with Gasteiger partial charge < -0.3 is 10.6 Å². The summed E-state index contributed by atoms with van der Waals surface area (Å²) in [7, 11) is 0.192. The van der Waals surface area contributed by atoms with Crippen LogP contribution >= 0.6 is 0 Å². The van der Waals surface area contributed by atoms with Gasteiger partial charge in [-0.15, -0.1) is 0 Å². The number of nitrogen functional groups attached to an aromatic ring is 1. The molecule has 21 heavy (non-hydrogen) atoms. The average Bonchev–Trinajstić information content (AvgIpc) is 2.42. The molecule has 0 aliphatic carbocycles. The van der Waals surface area contributed by atoms with Crippen LogP contribution in [0.3, 0.4) is 0 Å². The molecular formula is C15H25N3O2S. The quantitative estimate of drug-likeness (QED) is 0.861. The summed E-state index contributed by atoms with van der Waals surface area (Å²) in [5, 5.41) is 0. The second-order valence-electron chi connectivity index (χ2n) is 6.03. The Hall–Kier alpha value is -1.11. The molecule has 1 fully saturated rings. The van der Waals surface area contributed by atoms with Crippen molar-refractivity contribution in [3.05, 3.63) is 23.3 Å². The number of piperidine rings is 1. The van der Waals surface area contributed by atoms with Crippen molar-refractivity contribution in [3.63, 3.8) is 0 Å². The number of nitrogens with two attached hydrogens (primary N) is 1. The maximum absolute atomic E-state index is 12.8. The van der Waals surface area contributed by atoms with Gasteiger partial charge in [0.25, 0.3) is 0 Å². The molecule has 0 spiro atoms. The summed E-state index contributed by atoms with van der Waals surface area (Å²) in [4.78, 5) is 2.45. The lowest BCUT2D eigenvalue weighted by molar-refractivity contribution is 0.197. The fourth-order valence-corrected chi connectivity index (χ4v) is 4.34. The number of rotatable bonds is 3. The van der Waals surface area contributed by atoms with E-state index in [1.165, 1.54) is 4.31 Å². The minimum absolute atomic E-state index is 0.0483. The molecule has 1 aromatic rings. The van der Waals surface area contributed by atoms with Crippen LogP contribution in [0.25, 0.3) is 0 Å². The Labute approximate surface area is 127 Å². The van der Waals surface area contributed by atoms with Crippen LogP contribution < -0.4 is 5.73 Å². The van der Waals surface area contributed by atoms with Crippen LogP contribution in [0.15, 0.2) is 17.0 Å². The van der Waals surface area contributed by atoms with E-state index in [2.05, 4.69) is 11.9 Å². The molecular weight excluding hydrogens is 286 g/mol. The van der Waals surface area contributed by atoms with Crippen molar-refractivity contribution in [1.82, 2.24) is 9.21 Å². The maximum atomic E-state index is 12.8.